The number of aromatic nitrogens is 4. The van der Waals surface area contributed by atoms with Gasteiger partial charge >= 0.3 is 6.03 Å². The topological polar surface area (TPSA) is 111 Å². The molecule has 0 spiro atoms. The van der Waals surface area contributed by atoms with Crippen LogP contribution in [0.4, 0.5) is 15.0 Å². The number of hydrogen-bond acceptors (Lipinski definition) is 6. The van der Waals surface area contributed by atoms with Crippen LogP contribution in [0.15, 0.2) is 67.0 Å². The average Bonchev–Trinajstić information content (AvgIpc) is 3.54. The number of likely N-dealkylation sites (tertiary alicyclic amines) is 1. The van der Waals surface area contributed by atoms with E-state index >= 15 is 0 Å². The number of hydrogen-bond donors (Lipinski definition) is 2. The molecular formula is C29H34FN7O2. The molecule has 1 atom stereocenters. The molecule has 0 radical (unpaired) electrons. The van der Waals surface area contributed by atoms with Crippen molar-refractivity contribution in [3.63, 3.8) is 0 Å². The number of ether oxygens (including phenoxy) is 1. The fourth-order valence-electron chi connectivity index (χ4n) is 4.59. The molecule has 2 amide bonds. The maximum atomic E-state index is 13.1. The molecule has 0 saturated carbocycles. The van der Waals surface area contributed by atoms with Crippen molar-refractivity contribution in [3.8, 4) is 16.9 Å². The van der Waals surface area contributed by atoms with E-state index in [9.17, 15) is 9.18 Å². The molecule has 4 aromatic rings. The van der Waals surface area contributed by atoms with Crippen LogP contribution in [-0.4, -0.2) is 64.0 Å². The van der Waals surface area contributed by atoms with E-state index in [1.807, 2.05) is 50.2 Å². The number of nitrogens with zero attached hydrogens (tertiary/aromatic N) is 5. The Labute approximate surface area is 227 Å². The molecule has 5 rings (SSSR count). The maximum absolute atomic E-state index is 13.1. The molecule has 39 heavy (non-hydrogen) atoms. The Kier molecular flexibility index (Phi) is 9.35. The van der Waals surface area contributed by atoms with E-state index in [-0.39, 0.29) is 5.82 Å². The third kappa shape index (κ3) is 7.24. The first-order valence-corrected chi connectivity index (χ1v) is 12.8. The Bertz CT molecular complexity index is 1380. The molecule has 204 valence electrons. The van der Waals surface area contributed by atoms with Gasteiger partial charge < -0.3 is 15.4 Å². The third-order valence-electron chi connectivity index (χ3n) is 6.62. The van der Waals surface area contributed by atoms with E-state index in [4.69, 9.17) is 10.5 Å². The Morgan fingerprint density at radius 3 is 2.54 bits per heavy atom. The number of nitrogens with one attached hydrogen (secondary N) is 1. The zero-order valence-corrected chi connectivity index (χ0v) is 22.5. The standard InChI is InChI=1S/C16H16N6O.C13H18FNO/c1-10-14(12-8-18-11(2)19-9-12)21-22(15(10)20-16(17)23)13-6-4-3-5-7-13;1-16-8-7-15-6-5-12(10-15)11-3-2-4-13(14)9-11/h3-9H,1-2H3,(H3,17,20,23);2-4,9,12H,5-8,10H2,1H3. The van der Waals surface area contributed by atoms with Gasteiger partial charge in [0, 0.05) is 43.7 Å². The van der Waals surface area contributed by atoms with Gasteiger partial charge in [-0.1, -0.05) is 30.3 Å². The summed E-state index contributed by atoms with van der Waals surface area (Å²) in [5, 5.41) is 7.24. The highest BCUT2D eigenvalue weighted by atomic mass is 19.1. The molecule has 9 nitrogen and oxygen atoms in total. The number of halogens is 1. The molecule has 2 aromatic heterocycles. The lowest BCUT2D eigenvalue weighted by Gasteiger charge is -2.15. The van der Waals surface area contributed by atoms with Gasteiger partial charge in [0.15, 0.2) is 0 Å². The summed E-state index contributed by atoms with van der Waals surface area (Å²) in [6, 6.07) is 15.8. The van der Waals surface area contributed by atoms with Crippen molar-refractivity contribution in [2.45, 2.75) is 26.2 Å². The van der Waals surface area contributed by atoms with Crippen LogP contribution in [-0.2, 0) is 4.74 Å². The minimum absolute atomic E-state index is 0.132. The first-order chi connectivity index (χ1) is 18.9. The summed E-state index contributed by atoms with van der Waals surface area (Å²) >= 11 is 0. The second-order valence-electron chi connectivity index (χ2n) is 9.41. The van der Waals surface area contributed by atoms with Crippen LogP contribution in [0, 0.1) is 19.7 Å². The predicted octanol–water partition coefficient (Wildman–Crippen LogP) is 4.70. The quantitative estimate of drug-likeness (QED) is 0.358. The molecule has 10 heteroatoms. The van der Waals surface area contributed by atoms with Crippen LogP contribution < -0.4 is 11.1 Å². The normalized spacial score (nSPS) is 15.0. The van der Waals surface area contributed by atoms with E-state index in [0.717, 1.165) is 55.0 Å². The number of primary amides is 1. The Morgan fingerprint density at radius 2 is 1.87 bits per heavy atom. The van der Waals surface area contributed by atoms with Gasteiger partial charge in [0.1, 0.15) is 23.2 Å². The molecule has 1 aliphatic heterocycles. The first kappa shape index (κ1) is 27.9. The number of rotatable bonds is 7. The molecule has 0 bridgehead atoms. The van der Waals surface area contributed by atoms with Crippen LogP contribution in [0.25, 0.3) is 16.9 Å². The van der Waals surface area contributed by atoms with E-state index in [1.54, 1.807) is 36.3 Å². The number of carbonyl (C=O) groups excluding carboxylic acids is 1. The zero-order chi connectivity index (χ0) is 27.8. The molecule has 1 fully saturated rings. The van der Waals surface area contributed by atoms with E-state index in [0.29, 0.717) is 23.3 Å². The monoisotopic (exact) mass is 531 g/mol. The summed E-state index contributed by atoms with van der Waals surface area (Å²) in [4.78, 5) is 22.1. The first-order valence-electron chi connectivity index (χ1n) is 12.8. The van der Waals surface area contributed by atoms with Crippen molar-refractivity contribution in [2.24, 2.45) is 5.73 Å². The fourth-order valence-corrected chi connectivity index (χ4v) is 4.59. The molecule has 3 N–H and O–H groups in total. The second-order valence-corrected chi connectivity index (χ2v) is 9.41. The molecule has 1 unspecified atom stereocenters. The smallest absolute Gasteiger partial charge is 0.317 e. The van der Waals surface area contributed by atoms with Gasteiger partial charge in [-0.3, -0.25) is 5.32 Å². The molecule has 1 saturated heterocycles. The van der Waals surface area contributed by atoms with Gasteiger partial charge in [-0.25, -0.2) is 23.8 Å². The maximum Gasteiger partial charge on any atom is 0.317 e. The van der Waals surface area contributed by atoms with Crippen molar-refractivity contribution in [1.29, 1.82) is 0 Å². The highest BCUT2D eigenvalue weighted by Gasteiger charge is 2.23. The zero-order valence-electron chi connectivity index (χ0n) is 22.5. The van der Waals surface area contributed by atoms with Crippen molar-refractivity contribution >= 4 is 11.8 Å². The predicted molar refractivity (Wildman–Crippen MR) is 149 cm³/mol. The fraction of sp³-hybridized carbons (Fsp3) is 0.310. The third-order valence-corrected chi connectivity index (χ3v) is 6.62. The SMILES string of the molecule is COCCN1CCC(c2cccc(F)c2)C1.Cc1ncc(-c2nn(-c3ccccc3)c(NC(N)=O)c2C)cn1. The van der Waals surface area contributed by atoms with Gasteiger partial charge in [0.05, 0.1) is 12.3 Å². The minimum Gasteiger partial charge on any atom is -0.383 e. The van der Waals surface area contributed by atoms with Gasteiger partial charge in [0.2, 0.25) is 0 Å². The highest BCUT2D eigenvalue weighted by molar-refractivity contribution is 5.89. The number of benzene rings is 2. The highest BCUT2D eigenvalue weighted by Crippen LogP contribution is 2.30. The second kappa shape index (κ2) is 13.1. The summed E-state index contributed by atoms with van der Waals surface area (Å²) in [5.41, 5.74) is 9.49. The Balaban J connectivity index is 0.000000193. The van der Waals surface area contributed by atoms with Crippen LogP contribution in [0.1, 0.15) is 29.3 Å². The molecule has 3 heterocycles. The Morgan fingerprint density at radius 1 is 1.13 bits per heavy atom. The minimum atomic E-state index is -0.642. The van der Waals surface area contributed by atoms with Crippen molar-refractivity contribution in [2.75, 3.05) is 38.7 Å². The van der Waals surface area contributed by atoms with E-state index in [1.165, 1.54) is 6.07 Å². The molecule has 1 aliphatic rings. The van der Waals surface area contributed by atoms with Crippen molar-refractivity contribution in [3.05, 3.63) is 89.8 Å². The summed E-state index contributed by atoms with van der Waals surface area (Å²) in [7, 11) is 1.72. The van der Waals surface area contributed by atoms with Crippen molar-refractivity contribution < 1.29 is 13.9 Å². The van der Waals surface area contributed by atoms with Gasteiger partial charge in [0.25, 0.3) is 0 Å². The van der Waals surface area contributed by atoms with Crippen molar-refractivity contribution in [1.82, 2.24) is 24.6 Å². The van der Waals surface area contributed by atoms with Gasteiger partial charge in [-0.2, -0.15) is 5.10 Å². The van der Waals surface area contributed by atoms with Gasteiger partial charge in [-0.05, 0) is 62.6 Å². The lowest BCUT2D eigenvalue weighted by Crippen LogP contribution is -2.24. The number of carbonyl (C=O) groups is 1. The molecular weight excluding hydrogens is 497 g/mol. The van der Waals surface area contributed by atoms with Crippen LogP contribution >= 0.6 is 0 Å². The number of amides is 2. The lowest BCUT2D eigenvalue weighted by atomic mass is 9.98. The summed E-state index contributed by atoms with van der Waals surface area (Å²) in [6.45, 7) is 7.54. The summed E-state index contributed by atoms with van der Waals surface area (Å²) in [6.07, 6.45) is 4.54. The molecule has 0 aliphatic carbocycles. The summed E-state index contributed by atoms with van der Waals surface area (Å²) in [5.74, 6) is 1.56. The lowest BCUT2D eigenvalue weighted by molar-refractivity contribution is 0.160. The number of nitrogens with two attached hydrogens (primary N) is 1. The summed E-state index contributed by atoms with van der Waals surface area (Å²) < 4.78 is 19.8. The largest absolute Gasteiger partial charge is 0.383 e. The van der Waals surface area contributed by atoms with E-state index < -0.39 is 6.03 Å². The number of anilines is 1. The van der Waals surface area contributed by atoms with Crippen LogP contribution in [0.5, 0.6) is 0 Å². The number of aryl methyl sites for hydroxylation is 1. The number of methoxy groups -OCH3 is 1. The van der Waals surface area contributed by atoms with Crippen LogP contribution in [0.2, 0.25) is 0 Å². The van der Waals surface area contributed by atoms with E-state index in [2.05, 4.69) is 25.3 Å². The molecule has 2 aromatic carbocycles. The number of urea groups is 1. The number of para-hydroxylation sites is 1. The van der Waals surface area contributed by atoms with Crippen LogP contribution in [0.3, 0.4) is 0 Å². The Hall–Kier alpha value is -4.15. The average molecular weight is 532 g/mol. The van der Waals surface area contributed by atoms with Gasteiger partial charge in [-0.15, -0.1) is 0 Å².